The van der Waals surface area contributed by atoms with Gasteiger partial charge in [-0.05, 0) is 0 Å². The van der Waals surface area contributed by atoms with Crippen LogP contribution in [0.4, 0.5) is 0 Å². The highest BCUT2D eigenvalue weighted by atomic mass is 16.5. The SMILES string of the molecule is O=C(O)Cc1noc(CCN2CCOCC2)n1. The van der Waals surface area contributed by atoms with Crippen LogP contribution in [0.5, 0.6) is 0 Å². The van der Waals surface area contributed by atoms with Crippen LogP contribution in [0.3, 0.4) is 0 Å². The molecule has 17 heavy (non-hydrogen) atoms. The molecule has 7 nitrogen and oxygen atoms in total. The van der Waals surface area contributed by atoms with Crippen molar-refractivity contribution >= 4 is 5.97 Å². The highest BCUT2D eigenvalue weighted by Crippen LogP contribution is 2.03. The first-order valence-corrected chi connectivity index (χ1v) is 5.57. The molecule has 1 aromatic rings. The summed E-state index contributed by atoms with van der Waals surface area (Å²) in [6.45, 7) is 4.17. The summed E-state index contributed by atoms with van der Waals surface area (Å²) >= 11 is 0. The van der Waals surface area contributed by atoms with Gasteiger partial charge in [-0.25, -0.2) is 0 Å². The van der Waals surface area contributed by atoms with Crippen LogP contribution in [-0.4, -0.2) is 59.0 Å². The molecule has 1 fully saturated rings. The third-order valence-corrected chi connectivity index (χ3v) is 2.57. The van der Waals surface area contributed by atoms with Gasteiger partial charge < -0.3 is 14.4 Å². The first kappa shape index (κ1) is 12.0. The Bertz CT molecular complexity index is 373. The molecule has 0 aromatic carbocycles. The van der Waals surface area contributed by atoms with Crippen molar-refractivity contribution in [3.8, 4) is 0 Å². The smallest absolute Gasteiger partial charge is 0.311 e. The van der Waals surface area contributed by atoms with Crippen molar-refractivity contribution in [2.45, 2.75) is 12.8 Å². The highest BCUT2D eigenvalue weighted by molar-refractivity contribution is 5.68. The molecule has 0 unspecified atom stereocenters. The van der Waals surface area contributed by atoms with Crippen LogP contribution in [0.15, 0.2) is 4.52 Å². The Morgan fingerprint density at radius 1 is 1.41 bits per heavy atom. The van der Waals surface area contributed by atoms with Gasteiger partial charge in [0, 0.05) is 26.1 Å². The molecule has 0 radical (unpaired) electrons. The third kappa shape index (κ3) is 3.79. The van der Waals surface area contributed by atoms with E-state index in [1.807, 2.05) is 0 Å². The summed E-state index contributed by atoms with van der Waals surface area (Å²) in [6.07, 6.45) is 0.452. The summed E-state index contributed by atoms with van der Waals surface area (Å²) < 4.78 is 10.2. The molecule has 1 aromatic heterocycles. The van der Waals surface area contributed by atoms with E-state index >= 15 is 0 Å². The fourth-order valence-electron chi connectivity index (χ4n) is 1.68. The zero-order valence-corrected chi connectivity index (χ0v) is 9.46. The van der Waals surface area contributed by atoms with E-state index in [2.05, 4.69) is 15.0 Å². The third-order valence-electron chi connectivity index (χ3n) is 2.57. The second-order valence-electron chi connectivity index (χ2n) is 3.88. The Kier molecular flexibility index (Phi) is 4.05. The largest absolute Gasteiger partial charge is 0.481 e. The van der Waals surface area contributed by atoms with Crippen molar-refractivity contribution in [1.82, 2.24) is 15.0 Å². The van der Waals surface area contributed by atoms with Crippen LogP contribution < -0.4 is 0 Å². The lowest BCUT2D eigenvalue weighted by molar-refractivity contribution is -0.136. The number of aromatic nitrogens is 2. The van der Waals surface area contributed by atoms with Crippen molar-refractivity contribution < 1.29 is 19.2 Å². The highest BCUT2D eigenvalue weighted by Gasteiger charge is 2.13. The number of aliphatic carboxylic acids is 1. The number of hydrogen-bond donors (Lipinski definition) is 1. The molecule has 0 amide bonds. The van der Waals surface area contributed by atoms with Gasteiger partial charge in [0.15, 0.2) is 5.82 Å². The van der Waals surface area contributed by atoms with Gasteiger partial charge in [-0.1, -0.05) is 5.16 Å². The number of ether oxygens (including phenoxy) is 1. The molecule has 0 saturated carbocycles. The normalized spacial score (nSPS) is 17.2. The summed E-state index contributed by atoms with van der Waals surface area (Å²) in [4.78, 5) is 16.7. The van der Waals surface area contributed by atoms with Gasteiger partial charge in [0.1, 0.15) is 6.42 Å². The predicted octanol–water partition coefficient (Wildman–Crippen LogP) is -0.429. The molecule has 0 bridgehead atoms. The second-order valence-corrected chi connectivity index (χ2v) is 3.88. The number of morpholine rings is 1. The average Bonchev–Trinajstić information content (AvgIpc) is 2.75. The molecule has 1 aliphatic heterocycles. The monoisotopic (exact) mass is 241 g/mol. The maximum Gasteiger partial charge on any atom is 0.311 e. The summed E-state index contributed by atoms with van der Waals surface area (Å²) in [7, 11) is 0. The molecular formula is C10H15N3O4. The first-order valence-electron chi connectivity index (χ1n) is 5.57. The Morgan fingerprint density at radius 3 is 2.88 bits per heavy atom. The second kappa shape index (κ2) is 5.74. The number of rotatable bonds is 5. The molecule has 0 aliphatic carbocycles. The van der Waals surface area contributed by atoms with E-state index in [1.165, 1.54) is 0 Å². The molecule has 1 saturated heterocycles. The van der Waals surface area contributed by atoms with E-state index in [4.69, 9.17) is 14.4 Å². The van der Waals surface area contributed by atoms with E-state index in [0.717, 1.165) is 32.8 Å². The average molecular weight is 241 g/mol. The minimum Gasteiger partial charge on any atom is -0.481 e. The van der Waals surface area contributed by atoms with E-state index in [9.17, 15) is 4.79 Å². The molecule has 1 N–H and O–H groups in total. The van der Waals surface area contributed by atoms with Gasteiger partial charge >= 0.3 is 5.97 Å². The Balaban J connectivity index is 1.78. The van der Waals surface area contributed by atoms with Gasteiger partial charge in [-0.3, -0.25) is 9.69 Å². The Labute approximate surface area is 98.4 Å². The summed E-state index contributed by atoms with van der Waals surface area (Å²) in [5, 5.41) is 12.2. The molecule has 2 rings (SSSR count). The maximum absolute atomic E-state index is 10.4. The summed E-state index contributed by atoms with van der Waals surface area (Å²) in [6, 6.07) is 0. The van der Waals surface area contributed by atoms with Crippen LogP contribution in [-0.2, 0) is 22.4 Å². The van der Waals surface area contributed by atoms with E-state index < -0.39 is 5.97 Å². The lowest BCUT2D eigenvalue weighted by Crippen LogP contribution is -2.37. The van der Waals surface area contributed by atoms with Gasteiger partial charge in [0.05, 0.1) is 13.2 Å². The van der Waals surface area contributed by atoms with Gasteiger partial charge in [0.25, 0.3) is 0 Å². The summed E-state index contributed by atoms with van der Waals surface area (Å²) in [5.74, 6) is -0.229. The molecule has 7 heteroatoms. The lowest BCUT2D eigenvalue weighted by Gasteiger charge is -2.25. The quantitative estimate of drug-likeness (QED) is 0.748. The summed E-state index contributed by atoms with van der Waals surface area (Å²) in [5.41, 5.74) is 0. The van der Waals surface area contributed by atoms with Gasteiger partial charge in [-0.2, -0.15) is 4.98 Å². The molecule has 0 atom stereocenters. The number of carboxylic acids is 1. The molecule has 94 valence electrons. The maximum atomic E-state index is 10.4. The van der Waals surface area contributed by atoms with E-state index in [0.29, 0.717) is 12.3 Å². The van der Waals surface area contributed by atoms with Crippen molar-refractivity contribution in [3.63, 3.8) is 0 Å². The Hall–Kier alpha value is -1.47. The zero-order valence-electron chi connectivity index (χ0n) is 9.46. The molecule has 2 heterocycles. The van der Waals surface area contributed by atoms with Crippen molar-refractivity contribution in [1.29, 1.82) is 0 Å². The molecular weight excluding hydrogens is 226 g/mol. The van der Waals surface area contributed by atoms with Crippen molar-refractivity contribution in [3.05, 3.63) is 11.7 Å². The standard InChI is InChI=1S/C10H15N3O4/c14-10(15)7-8-11-9(17-12-8)1-2-13-3-5-16-6-4-13/h1-7H2,(H,14,15). The van der Waals surface area contributed by atoms with Gasteiger partial charge in [-0.15, -0.1) is 0 Å². The number of hydrogen-bond acceptors (Lipinski definition) is 6. The van der Waals surface area contributed by atoms with Crippen LogP contribution in [0.1, 0.15) is 11.7 Å². The van der Waals surface area contributed by atoms with Crippen molar-refractivity contribution in [2.75, 3.05) is 32.8 Å². The molecule has 1 aliphatic rings. The fourth-order valence-corrected chi connectivity index (χ4v) is 1.68. The van der Waals surface area contributed by atoms with Crippen LogP contribution in [0.2, 0.25) is 0 Å². The first-order chi connectivity index (χ1) is 8.24. The Morgan fingerprint density at radius 2 is 2.18 bits per heavy atom. The number of carboxylic acid groups (broad SMARTS) is 1. The van der Waals surface area contributed by atoms with Crippen LogP contribution in [0.25, 0.3) is 0 Å². The van der Waals surface area contributed by atoms with E-state index in [-0.39, 0.29) is 12.2 Å². The van der Waals surface area contributed by atoms with Crippen molar-refractivity contribution in [2.24, 2.45) is 0 Å². The van der Waals surface area contributed by atoms with Crippen LogP contribution >= 0.6 is 0 Å². The van der Waals surface area contributed by atoms with Crippen LogP contribution in [0, 0.1) is 0 Å². The minimum atomic E-state index is -0.953. The van der Waals surface area contributed by atoms with Gasteiger partial charge in [0.2, 0.25) is 5.89 Å². The lowest BCUT2D eigenvalue weighted by atomic mass is 10.3. The number of carbonyl (C=O) groups is 1. The fraction of sp³-hybridized carbons (Fsp3) is 0.700. The predicted molar refractivity (Wildman–Crippen MR) is 56.6 cm³/mol. The zero-order chi connectivity index (χ0) is 12.1. The minimum absolute atomic E-state index is 0.193. The molecule has 0 spiro atoms. The number of nitrogens with zero attached hydrogens (tertiary/aromatic N) is 3. The topological polar surface area (TPSA) is 88.7 Å². The van der Waals surface area contributed by atoms with E-state index in [1.54, 1.807) is 0 Å².